The highest BCUT2D eigenvalue weighted by Crippen LogP contribution is 2.21. The third kappa shape index (κ3) is 7.71. The molecule has 1 atom stereocenters. The van der Waals surface area contributed by atoms with Crippen LogP contribution in [0.15, 0.2) is 54.6 Å². The van der Waals surface area contributed by atoms with E-state index in [1.54, 1.807) is 4.90 Å². The Bertz CT molecular complexity index is 723. The van der Waals surface area contributed by atoms with Gasteiger partial charge in [-0.2, -0.15) is 0 Å². The van der Waals surface area contributed by atoms with Crippen LogP contribution in [0.4, 0.5) is 10.5 Å². The number of urea groups is 1. The van der Waals surface area contributed by atoms with Crippen molar-refractivity contribution in [1.82, 2.24) is 4.90 Å². The summed E-state index contributed by atoms with van der Waals surface area (Å²) in [5, 5.41) is 0. The summed E-state index contributed by atoms with van der Waals surface area (Å²) in [5.74, 6) is 0.764. The Morgan fingerprint density at radius 1 is 1.00 bits per heavy atom. The first kappa shape index (κ1) is 25.0. The van der Waals surface area contributed by atoms with Crippen LogP contribution in [0.3, 0.4) is 0 Å². The number of ether oxygens (including phenoxy) is 1. The Morgan fingerprint density at radius 2 is 1.62 bits per heavy atom. The molecule has 2 rings (SSSR count). The van der Waals surface area contributed by atoms with Crippen LogP contribution in [0.1, 0.15) is 39.7 Å². The molecular weight excluding hydrogens is 430 g/mol. The summed E-state index contributed by atoms with van der Waals surface area (Å²) >= 11 is 0. The number of anilines is 1. The van der Waals surface area contributed by atoms with Gasteiger partial charge in [0.25, 0.3) is 0 Å². The highest BCUT2D eigenvalue weighted by molar-refractivity contribution is 8.93. The van der Waals surface area contributed by atoms with Gasteiger partial charge in [-0.15, -0.1) is 17.0 Å². The molecule has 0 heterocycles. The smallest absolute Gasteiger partial charge is 0.319 e. The molecule has 0 spiro atoms. The maximum absolute atomic E-state index is 12.0. The fraction of sp³-hybridized carbons (Fsp3) is 0.435. The fourth-order valence-electron chi connectivity index (χ4n) is 3.27. The second-order valence-corrected chi connectivity index (χ2v) is 7.35. The first-order valence-corrected chi connectivity index (χ1v) is 10.0. The highest BCUT2D eigenvalue weighted by Gasteiger charge is 2.19. The van der Waals surface area contributed by atoms with Gasteiger partial charge in [-0.3, -0.25) is 9.80 Å². The monoisotopic (exact) mass is 463 g/mol. The molecule has 0 saturated heterocycles. The average molecular weight is 464 g/mol. The van der Waals surface area contributed by atoms with Gasteiger partial charge in [0.1, 0.15) is 12.4 Å². The molecule has 0 aliphatic carbocycles. The lowest BCUT2D eigenvalue weighted by molar-refractivity contribution is 0.164. The summed E-state index contributed by atoms with van der Waals surface area (Å²) in [4.78, 5) is 16.0. The second-order valence-electron chi connectivity index (χ2n) is 7.35. The molecule has 0 radical (unpaired) electrons. The maximum Gasteiger partial charge on any atom is 0.319 e. The van der Waals surface area contributed by atoms with E-state index >= 15 is 0 Å². The lowest BCUT2D eigenvalue weighted by Crippen LogP contribution is -2.46. The van der Waals surface area contributed by atoms with Crippen LogP contribution >= 0.6 is 17.0 Å². The number of nitrogens with two attached hydrogens (primary N) is 1. The maximum atomic E-state index is 12.0. The Labute approximate surface area is 185 Å². The summed E-state index contributed by atoms with van der Waals surface area (Å²) in [6.45, 7) is 10.6. The molecule has 2 aromatic carbocycles. The number of nitrogens with zero attached hydrogens (tertiary/aromatic N) is 2. The summed E-state index contributed by atoms with van der Waals surface area (Å²) in [5.41, 5.74) is 7.55. The van der Waals surface area contributed by atoms with Gasteiger partial charge in [-0.25, -0.2) is 4.79 Å². The van der Waals surface area contributed by atoms with Crippen LogP contribution < -0.4 is 15.4 Å². The zero-order chi connectivity index (χ0) is 20.5. The minimum Gasteiger partial charge on any atom is -0.489 e. The number of halogens is 1. The third-order valence-electron chi connectivity index (χ3n) is 5.06. The van der Waals surface area contributed by atoms with E-state index in [0.29, 0.717) is 25.2 Å². The van der Waals surface area contributed by atoms with Gasteiger partial charge in [0.05, 0.1) is 0 Å². The molecule has 0 saturated carbocycles. The predicted octanol–water partition coefficient (Wildman–Crippen LogP) is 5.24. The lowest BCUT2D eigenvalue weighted by atomic mass is 10.1. The van der Waals surface area contributed by atoms with Crippen LogP contribution in [0, 0.1) is 0 Å². The van der Waals surface area contributed by atoms with E-state index in [2.05, 4.69) is 32.6 Å². The van der Waals surface area contributed by atoms with E-state index in [0.717, 1.165) is 30.0 Å². The van der Waals surface area contributed by atoms with Crippen molar-refractivity contribution < 1.29 is 9.53 Å². The SMILES string of the molecule is Br.CCC(C)N(CCN(C(N)=O)c1ccc(OCc2ccccc2)cc1)C(C)C. The minimum atomic E-state index is -0.439. The number of primary amides is 1. The van der Waals surface area contributed by atoms with Crippen molar-refractivity contribution in [2.24, 2.45) is 5.73 Å². The van der Waals surface area contributed by atoms with Crippen LogP contribution in [0.5, 0.6) is 5.75 Å². The normalized spacial score (nSPS) is 11.8. The molecule has 2 amide bonds. The number of carbonyl (C=O) groups excluding carboxylic acids is 1. The van der Waals surface area contributed by atoms with E-state index in [1.807, 2.05) is 54.6 Å². The number of rotatable bonds is 10. The van der Waals surface area contributed by atoms with Gasteiger partial charge >= 0.3 is 6.03 Å². The molecule has 6 heteroatoms. The third-order valence-corrected chi connectivity index (χ3v) is 5.06. The number of hydrogen-bond acceptors (Lipinski definition) is 3. The van der Waals surface area contributed by atoms with Crippen LogP contribution in [-0.4, -0.2) is 36.1 Å². The lowest BCUT2D eigenvalue weighted by Gasteiger charge is -2.34. The van der Waals surface area contributed by atoms with Gasteiger partial charge in [-0.1, -0.05) is 37.3 Å². The van der Waals surface area contributed by atoms with Gasteiger partial charge in [0.15, 0.2) is 0 Å². The summed E-state index contributed by atoms with van der Waals surface area (Å²) in [6, 6.07) is 18.0. The molecule has 0 aliphatic rings. The highest BCUT2D eigenvalue weighted by atomic mass is 79.9. The molecule has 29 heavy (non-hydrogen) atoms. The molecule has 0 aromatic heterocycles. The van der Waals surface area contributed by atoms with Crippen molar-refractivity contribution in [2.75, 3.05) is 18.0 Å². The van der Waals surface area contributed by atoms with E-state index in [1.165, 1.54) is 0 Å². The minimum absolute atomic E-state index is 0. The van der Waals surface area contributed by atoms with Gasteiger partial charge < -0.3 is 10.5 Å². The molecule has 2 aromatic rings. The van der Waals surface area contributed by atoms with Crippen LogP contribution in [0.2, 0.25) is 0 Å². The molecule has 0 bridgehead atoms. The van der Waals surface area contributed by atoms with E-state index < -0.39 is 6.03 Å². The van der Waals surface area contributed by atoms with Gasteiger partial charge in [0.2, 0.25) is 0 Å². The van der Waals surface area contributed by atoms with Crippen molar-refractivity contribution >= 4 is 28.7 Å². The first-order valence-electron chi connectivity index (χ1n) is 10.0. The summed E-state index contributed by atoms with van der Waals surface area (Å²) in [7, 11) is 0. The van der Waals surface area contributed by atoms with E-state index in [9.17, 15) is 4.79 Å². The number of amides is 2. The quantitative estimate of drug-likeness (QED) is 0.523. The molecule has 1 unspecified atom stereocenters. The molecule has 2 N–H and O–H groups in total. The number of benzene rings is 2. The van der Waals surface area contributed by atoms with Crippen molar-refractivity contribution in [1.29, 1.82) is 0 Å². The number of carbonyl (C=O) groups is 1. The Hall–Kier alpha value is -2.05. The summed E-state index contributed by atoms with van der Waals surface area (Å²) < 4.78 is 5.82. The molecule has 0 aliphatic heterocycles. The fourth-order valence-corrected chi connectivity index (χ4v) is 3.27. The van der Waals surface area contributed by atoms with E-state index in [-0.39, 0.29) is 17.0 Å². The van der Waals surface area contributed by atoms with Crippen molar-refractivity contribution in [3.8, 4) is 5.75 Å². The molecular formula is C23H34BrN3O2. The Morgan fingerprint density at radius 3 is 2.14 bits per heavy atom. The molecule has 160 valence electrons. The van der Waals surface area contributed by atoms with Crippen molar-refractivity contribution in [3.05, 3.63) is 60.2 Å². The predicted molar refractivity (Wildman–Crippen MR) is 126 cm³/mol. The molecule has 5 nitrogen and oxygen atoms in total. The van der Waals surface area contributed by atoms with Gasteiger partial charge in [-0.05, 0) is 57.0 Å². The Kier molecular flexibility index (Phi) is 10.8. The van der Waals surface area contributed by atoms with Crippen molar-refractivity contribution in [2.45, 2.75) is 52.8 Å². The zero-order valence-electron chi connectivity index (χ0n) is 17.9. The molecule has 0 fully saturated rings. The van der Waals surface area contributed by atoms with Crippen molar-refractivity contribution in [3.63, 3.8) is 0 Å². The average Bonchev–Trinajstić information content (AvgIpc) is 2.70. The Balaban J connectivity index is 0.00000420. The first-order chi connectivity index (χ1) is 13.4. The second kappa shape index (κ2) is 12.5. The standard InChI is InChI=1S/C23H33N3O2.BrH/c1-5-19(4)25(18(2)3)15-16-26(23(24)27)21-11-13-22(14-12-21)28-17-20-9-7-6-8-10-20;/h6-14,18-19H,5,15-17H2,1-4H3,(H2,24,27);1H. The number of hydrogen-bond donors (Lipinski definition) is 1. The van der Waals surface area contributed by atoms with E-state index in [4.69, 9.17) is 10.5 Å². The van der Waals surface area contributed by atoms with Crippen LogP contribution in [-0.2, 0) is 6.61 Å². The van der Waals surface area contributed by atoms with Gasteiger partial charge in [0, 0.05) is 30.9 Å². The largest absolute Gasteiger partial charge is 0.489 e. The van der Waals surface area contributed by atoms with Crippen LogP contribution in [0.25, 0.3) is 0 Å². The topological polar surface area (TPSA) is 58.8 Å². The summed E-state index contributed by atoms with van der Waals surface area (Å²) in [6.07, 6.45) is 1.07. The zero-order valence-corrected chi connectivity index (χ0v) is 19.6.